The van der Waals surface area contributed by atoms with Gasteiger partial charge in [0.1, 0.15) is 0 Å². The van der Waals surface area contributed by atoms with Crippen LogP contribution in [0, 0.1) is 5.92 Å². The molecule has 0 saturated carbocycles. The minimum atomic E-state index is 0.142. The molecule has 0 aliphatic carbocycles. The number of rotatable bonds is 5. The Bertz CT molecular complexity index is 726. The molecule has 0 spiro atoms. The second-order valence-corrected chi connectivity index (χ2v) is 7.28. The number of amides is 1. The summed E-state index contributed by atoms with van der Waals surface area (Å²) in [4.78, 5) is 17.5. The first-order valence-corrected chi connectivity index (χ1v) is 9.31. The maximum Gasteiger partial charge on any atom is 0.227 e. The van der Waals surface area contributed by atoms with Gasteiger partial charge in [-0.25, -0.2) is 0 Å². The zero-order chi connectivity index (χ0) is 17.2. The first-order chi connectivity index (χ1) is 12.2. The lowest BCUT2D eigenvalue weighted by Crippen LogP contribution is -2.47. The van der Waals surface area contributed by atoms with Gasteiger partial charge < -0.3 is 4.90 Å². The van der Waals surface area contributed by atoms with Crippen LogP contribution in [0.25, 0.3) is 0 Å². The third-order valence-corrected chi connectivity index (χ3v) is 5.48. The van der Waals surface area contributed by atoms with Crippen LogP contribution in [0.3, 0.4) is 0 Å². The molecule has 3 saturated heterocycles. The Kier molecular flexibility index (Phi) is 4.57. The molecular weight excluding hydrogens is 312 g/mol. The average molecular weight is 338 g/mol. The Hall–Kier alpha value is -2.14. The lowest BCUT2D eigenvalue weighted by molar-refractivity contribution is -0.140. The van der Waals surface area contributed by atoms with Crippen molar-refractivity contribution in [2.75, 3.05) is 13.1 Å². The highest BCUT2D eigenvalue weighted by atomic mass is 16.2. The number of carbonyl (C=O) groups is 1. The summed E-state index contributed by atoms with van der Waals surface area (Å²) in [5.74, 6) is 0.482. The smallest absolute Gasteiger partial charge is 0.227 e. The van der Waals surface area contributed by atoms with Gasteiger partial charge >= 0.3 is 0 Å². The van der Waals surface area contributed by atoms with Crippen molar-refractivity contribution in [3.63, 3.8) is 0 Å². The van der Waals surface area contributed by atoms with E-state index in [1.165, 1.54) is 11.1 Å². The van der Waals surface area contributed by atoms with Crippen molar-refractivity contribution in [1.82, 2.24) is 19.6 Å². The maximum absolute atomic E-state index is 12.9. The fourth-order valence-electron chi connectivity index (χ4n) is 4.17. The summed E-state index contributed by atoms with van der Waals surface area (Å²) in [6.45, 7) is 6.46. The number of hydrogen-bond acceptors (Lipinski definition) is 3. The van der Waals surface area contributed by atoms with Crippen LogP contribution in [0.15, 0.2) is 42.7 Å². The maximum atomic E-state index is 12.9. The first-order valence-electron chi connectivity index (χ1n) is 9.31. The van der Waals surface area contributed by atoms with E-state index in [4.69, 9.17) is 0 Å². The van der Waals surface area contributed by atoms with E-state index in [-0.39, 0.29) is 5.92 Å². The fraction of sp³-hybridized carbons (Fsp3) is 0.500. The average Bonchev–Trinajstić information content (AvgIpc) is 2.93. The third-order valence-electron chi connectivity index (χ3n) is 5.48. The lowest BCUT2D eigenvalue weighted by atomic mass is 9.93. The molecule has 0 N–H and O–H groups in total. The van der Waals surface area contributed by atoms with Gasteiger partial charge in [0.2, 0.25) is 5.91 Å². The van der Waals surface area contributed by atoms with E-state index in [0.29, 0.717) is 11.9 Å². The Morgan fingerprint density at radius 2 is 1.92 bits per heavy atom. The third kappa shape index (κ3) is 3.47. The molecule has 25 heavy (non-hydrogen) atoms. The van der Waals surface area contributed by atoms with Crippen LogP contribution in [0.5, 0.6) is 0 Å². The van der Waals surface area contributed by atoms with Gasteiger partial charge in [-0.1, -0.05) is 30.3 Å². The van der Waals surface area contributed by atoms with Crippen molar-refractivity contribution in [2.24, 2.45) is 5.92 Å². The van der Waals surface area contributed by atoms with E-state index in [1.807, 2.05) is 29.1 Å². The van der Waals surface area contributed by atoms with Gasteiger partial charge in [0, 0.05) is 50.5 Å². The van der Waals surface area contributed by atoms with Crippen LogP contribution in [0.4, 0.5) is 0 Å². The molecule has 132 valence electrons. The minimum Gasteiger partial charge on any atom is -0.334 e. The molecule has 2 bridgehead atoms. The molecule has 1 aromatic carbocycles. The molecule has 5 rings (SSSR count). The quantitative estimate of drug-likeness (QED) is 0.841. The van der Waals surface area contributed by atoms with Crippen LogP contribution in [0.1, 0.15) is 30.9 Å². The van der Waals surface area contributed by atoms with Gasteiger partial charge in [0.25, 0.3) is 0 Å². The van der Waals surface area contributed by atoms with E-state index in [0.717, 1.165) is 45.6 Å². The van der Waals surface area contributed by atoms with Gasteiger partial charge in [-0.3, -0.25) is 14.4 Å². The van der Waals surface area contributed by atoms with E-state index in [2.05, 4.69) is 40.2 Å². The largest absolute Gasteiger partial charge is 0.334 e. The number of piperidine rings is 1. The highest BCUT2D eigenvalue weighted by Gasteiger charge is 2.40. The molecule has 3 aliphatic rings. The standard InChI is InChI=1S/C20H26N4O/c1-2-23-12-17(10-21-23)11-22-14-18-8-9-19(15-22)24(20(18)25)13-16-6-4-3-5-7-16/h3-7,10,12,18-19H,2,8-9,11,13-15H2,1H3/t18-,19+/m0/s1. The van der Waals surface area contributed by atoms with Gasteiger partial charge in [0.05, 0.1) is 12.1 Å². The Morgan fingerprint density at radius 1 is 1.08 bits per heavy atom. The lowest BCUT2D eigenvalue weighted by Gasteiger charge is -2.36. The van der Waals surface area contributed by atoms with Crippen molar-refractivity contribution in [2.45, 2.75) is 45.4 Å². The van der Waals surface area contributed by atoms with Crippen molar-refractivity contribution in [1.29, 1.82) is 0 Å². The van der Waals surface area contributed by atoms with Gasteiger partial charge in [-0.2, -0.15) is 5.10 Å². The zero-order valence-electron chi connectivity index (χ0n) is 14.8. The molecule has 0 unspecified atom stereocenters. The van der Waals surface area contributed by atoms with Crippen LogP contribution in [-0.2, 0) is 24.4 Å². The SMILES string of the molecule is CCn1cc(CN2C[C@@H]3CC[C@H](C2)N(Cc2ccccc2)C3=O)cn1. The molecule has 1 amide bonds. The Balaban J connectivity index is 1.48. The van der Waals surface area contributed by atoms with E-state index < -0.39 is 0 Å². The highest BCUT2D eigenvalue weighted by Crippen LogP contribution is 2.31. The molecule has 3 aliphatic heterocycles. The molecule has 0 radical (unpaired) electrons. The number of hydrogen-bond donors (Lipinski definition) is 0. The number of fused-ring (bicyclic) bond motifs is 4. The molecule has 2 atom stereocenters. The molecule has 4 heterocycles. The van der Waals surface area contributed by atoms with Crippen molar-refractivity contribution in [3.8, 4) is 0 Å². The van der Waals surface area contributed by atoms with Gasteiger partial charge in [0.15, 0.2) is 0 Å². The summed E-state index contributed by atoms with van der Waals surface area (Å²) >= 11 is 0. The summed E-state index contributed by atoms with van der Waals surface area (Å²) in [5.41, 5.74) is 2.46. The van der Waals surface area contributed by atoms with E-state index >= 15 is 0 Å². The predicted molar refractivity (Wildman–Crippen MR) is 96.7 cm³/mol. The van der Waals surface area contributed by atoms with Gasteiger partial charge in [-0.05, 0) is 25.3 Å². The predicted octanol–water partition coefficient (Wildman–Crippen LogP) is 2.53. The molecule has 2 aromatic rings. The van der Waals surface area contributed by atoms with Crippen molar-refractivity contribution < 1.29 is 4.79 Å². The summed E-state index contributed by atoms with van der Waals surface area (Å²) in [6, 6.07) is 10.7. The highest BCUT2D eigenvalue weighted by molar-refractivity contribution is 5.80. The number of benzene rings is 1. The molecule has 5 heteroatoms. The molecule has 1 aromatic heterocycles. The summed E-state index contributed by atoms with van der Waals surface area (Å²) in [7, 11) is 0. The van der Waals surface area contributed by atoms with Crippen LogP contribution in [-0.4, -0.2) is 44.6 Å². The van der Waals surface area contributed by atoms with Crippen molar-refractivity contribution in [3.05, 3.63) is 53.9 Å². The summed E-state index contributed by atoms with van der Waals surface area (Å²) in [5, 5.41) is 4.38. The normalized spacial score (nSPS) is 23.9. The van der Waals surface area contributed by atoms with E-state index in [1.54, 1.807) is 0 Å². The Morgan fingerprint density at radius 3 is 2.68 bits per heavy atom. The number of carbonyl (C=O) groups excluding carboxylic acids is 1. The second-order valence-electron chi connectivity index (χ2n) is 7.28. The molecule has 3 fully saturated rings. The van der Waals surface area contributed by atoms with Crippen LogP contribution >= 0.6 is 0 Å². The number of nitrogens with zero attached hydrogens (tertiary/aromatic N) is 4. The van der Waals surface area contributed by atoms with E-state index in [9.17, 15) is 4.79 Å². The molecule has 5 nitrogen and oxygen atoms in total. The fourth-order valence-corrected chi connectivity index (χ4v) is 4.17. The van der Waals surface area contributed by atoms with Crippen molar-refractivity contribution >= 4 is 5.91 Å². The number of aromatic nitrogens is 2. The van der Waals surface area contributed by atoms with Crippen LogP contribution < -0.4 is 0 Å². The van der Waals surface area contributed by atoms with Crippen LogP contribution in [0.2, 0.25) is 0 Å². The minimum absolute atomic E-state index is 0.142. The summed E-state index contributed by atoms with van der Waals surface area (Å²) in [6.07, 6.45) is 6.23. The second kappa shape index (κ2) is 7.00. The first kappa shape index (κ1) is 16.3. The monoisotopic (exact) mass is 338 g/mol. The number of aryl methyl sites for hydroxylation is 1. The zero-order valence-corrected chi connectivity index (χ0v) is 14.8. The van der Waals surface area contributed by atoms with Gasteiger partial charge in [-0.15, -0.1) is 0 Å². The summed E-state index contributed by atoms with van der Waals surface area (Å²) < 4.78 is 1.97. The Labute approximate surface area is 149 Å². The molecular formula is C20H26N4O. The topological polar surface area (TPSA) is 41.4 Å².